The third-order valence-corrected chi connectivity index (χ3v) is 1.67. The van der Waals surface area contributed by atoms with Crippen LogP contribution in [0.15, 0.2) is 23.9 Å². The Bertz CT molecular complexity index is 231. The van der Waals surface area contributed by atoms with Crippen molar-refractivity contribution in [1.29, 1.82) is 0 Å². The highest BCUT2D eigenvalue weighted by Crippen LogP contribution is 2.08. The second-order valence-electron chi connectivity index (χ2n) is 3.18. The molecule has 1 atom stereocenters. The van der Waals surface area contributed by atoms with E-state index in [-0.39, 0.29) is 5.97 Å². The van der Waals surface area contributed by atoms with Gasteiger partial charge in [0.05, 0.1) is 6.61 Å². The van der Waals surface area contributed by atoms with Gasteiger partial charge in [0.1, 0.15) is 0 Å². The summed E-state index contributed by atoms with van der Waals surface area (Å²) in [6.45, 7) is 6.16. The Morgan fingerprint density at radius 2 is 2.21 bits per heavy atom. The van der Waals surface area contributed by atoms with Crippen molar-refractivity contribution in [2.45, 2.75) is 27.2 Å². The van der Waals surface area contributed by atoms with Crippen LogP contribution in [-0.4, -0.2) is 12.6 Å². The maximum Gasteiger partial charge on any atom is 0.332 e. The number of rotatable bonds is 5. The maximum absolute atomic E-state index is 11.0. The van der Waals surface area contributed by atoms with Gasteiger partial charge in [-0.25, -0.2) is 4.79 Å². The van der Waals surface area contributed by atoms with Gasteiger partial charge in [0.25, 0.3) is 0 Å². The van der Waals surface area contributed by atoms with Crippen LogP contribution in [-0.2, 0) is 9.53 Å². The number of nitrogens with two attached hydrogens (primary N) is 1. The Balaban J connectivity index is 4.05. The zero-order valence-corrected chi connectivity index (χ0v) is 9.12. The molecule has 0 radical (unpaired) electrons. The van der Waals surface area contributed by atoms with Gasteiger partial charge in [-0.3, -0.25) is 0 Å². The summed E-state index contributed by atoms with van der Waals surface area (Å²) in [5, 5.41) is 0. The molecule has 14 heavy (non-hydrogen) atoms. The molecule has 0 aromatic heterocycles. The summed E-state index contributed by atoms with van der Waals surface area (Å²) in [5.74, 6) is -0.0108. The lowest BCUT2D eigenvalue weighted by atomic mass is 10.1. The summed E-state index contributed by atoms with van der Waals surface area (Å²) >= 11 is 0. The molecule has 0 heterocycles. The first-order chi connectivity index (χ1) is 6.60. The standard InChI is InChI=1S/C11H19NO2/c1-4-6-9(3)7-10(12)8-11(13)14-5-2/h4,6,8-9H,5,7,12H2,1-3H3/b6-4?,10-8-. The van der Waals surface area contributed by atoms with Gasteiger partial charge < -0.3 is 10.5 Å². The molecule has 0 fully saturated rings. The number of hydrogen-bond acceptors (Lipinski definition) is 3. The van der Waals surface area contributed by atoms with E-state index in [0.29, 0.717) is 24.6 Å². The quantitative estimate of drug-likeness (QED) is 0.416. The minimum atomic E-state index is -0.363. The molecule has 0 aromatic carbocycles. The van der Waals surface area contributed by atoms with Gasteiger partial charge in [0.2, 0.25) is 0 Å². The Hall–Kier alpha value is -1.25. The summed E-state index contributed by atoms with van der Waals surface area (Å²) < 4.78 is 4.74. The molecule has 3 nitrogen and oxygen atoms in total. The Labute approximate surface area is 85.6 Å². The smallest absolute Gasteiger partial charge is 0.332 e. The van der Waals surface area contributed by atoms with Crippen LogP contribution < -0.4 is 5.73 Å². The predicted molar refractivity (Wildman–Crippen MR) is 57.5 cm³/mol. The highest BCUT2D eigenvalue weighted by molar-refractivity contribution is 5.82. The average Bonchev–Trinajstić information content (AvgIpc) is 2.03. The van der Waals surface area contributed by atoms with E-state index in [2.05, 4.69) is 0 Å². The molecule has 0 aliphatic carbocycles. The first-order valence-electron chi connectivity index (χ1n) is 4.85. The van der Waals surface area contributed by atoms with Crippen molar-refractivity contribution >= 4 is 5.97 Å². The van der Waals surface area contributed by atoms with Gasteiger partial charge in [-0.1, -0.05) is 19.1 Å². The van der Waals surface area contributed by atoms with E-state index in [9.17, 15) is 4.79 Å². The van der Waals surface area contributed by atoms with E-state index in [1.807, 2.05) is 26.0 Å². The fourth-order valence-electron chi connectivity index (χ4n) is 1.16. The molecular formula is C11H19NO2. The molecule has 0 aromatic rings. The third kappa shape index (κ3) is 6.29. The van der Waals surface area contributed by atoms with Gasteiger partial charge in [0, 0.05) is 11.8 Å². The number of hydrogen-bond donors (Lipinski definition) is 1. The van der Waals surface area contributed by atoms with Crippen LogP contribution in [0.2, 0.25) is 0 Å². The van der Waals surface area contributed by atoms with Gasteiger partial charge >= 0.3 is 5.97 Å². The summed E-state index contributed by atoms with van der Waals surface area (Å²) in [7, 11) is 0. The minimum absolute atomic E-state index is 0.352. The second-order valence-corrected chi connectivity index (χ2v) is 3.18. The first kappa shape index (κ1) is 12.8. The maximum atomic E-state index is 11.0. The number of carbonyl (C=O) groups is 1. The van der Waals surface area contributed by atoms with Crippen LogP contribution in [0.4, 0.5) is 0 Å². The molecule has 0 amide bonds. The molecule has 3 heteroatoms. The molecule has 2 N–H and O–H groups in total. The van der Waals surface area contributed by atoms with Crippen LogP contribution >= 0.6 is 0 Å². The summed E-state index contributed by atoms with van der Waals surface area (Å²) in [4.78, 5) is 11.0. The van der Waals surface area contributed by atoms with Gasteiger partial charge in [-0.15, -0.1) is 0 Å². The number of carbonyl (C=O) groups excluding carboxylic acids is 1. The molecule has 0 spiro atoms. The van der Waals surface area contributed by atoms with Crippen LogP contribution in [0.1, 0.15) is 27.2 Å². The second kappa shape index (κ2) is 7.18. The van der Waals surface area contributed by atoms with E-state index in [1.165, 1.54) is 6.08 Å². The SMILES string of the molecule is CC=CC(C)C/C(N)=C/C(=O)OCC. The number of ether oxygens (including phenoxy) is 1. The Kier molecular flexibility index (Phi) is 6.54. The molecular weight excluding hydrogens is 178 g/mol. The molecule has 0 aliphatic heterocycles. The largest absolute Gasteiger partial charge is 0.463 e. The summed E-state index contributed by atoms with van der Waals surface area (Å²) in [6, 6.07) is 0. The van der Waals surface area contributed by atoms with Gasteiger partial charge in [-0.2, -0.15) is 0 Å². The zero-order chi connectivity index (χ0) is 11.0. The Morgan fingerprint density at radius 1 is 1.57 bits per heavy atom. The van der Waals surface area contributed by atoms with Crippen molar-refractivity contribution in [1.82, 2.24) is 0 Å². The number of allylic oxidation sites excluding steroid dienone is 3. The van der Waals surface area contributed by atoms with E-state index < -0.39 is 0 Å². The lowest BCUT2D eigenvalue weighted by molar-refractivity contribution is -0.137. The van der Waals surface area contributed by atoms with Crippen LogP contribution in [0, 0.1) is 5.92 Å². The van der Waals surface area contributed by atoms with Crippen molar-refractivity contribution in [3.8, 4) is 0 Å². The molecule has 0 saturated heterocycles. The fourth-order valence-corrected chi connectivity index (χ4v) is 1.16. The monoisotopic (exact) mass is 197 g/mol. The van der Waals surface area contributed by atoms with Crippen molar-refractivity contribution < 1.29 is 9.53 Å². The Morgan fingerprint density at radius 3 is 2.71 bits per heavy atom. The predicted octanol–water partition coefficient (Wildman–Crippen LogP) is 1.99. The lowest BCUT2D eigenvalue weighted by Gasteiger charge is -2.05. The van der Waals surface area contributed by atoms with Crippen molar-refractivity contribution in [2.24, 2.45) is 11.7 Å². The number of esters is 1. The highest BCUT2D eigenvalue weighted by atomic mass is 16.5. The van der Waals surface area contributed by atoms with E-state index in [4.69, 9.17) is 10.5 Å². The molecule has 0 saturated carbocycles. The molecule has 0 rings (SSSR count). The van der Waals surface area contributed by atoms with Crippen molar-refractivity contribution in [2.75, 3.05) is 6.61 Å². The molecule has 80 valence electrons. The van der Waals surface area contributed by atoms with E-state index in [1.54, 1.807) is 6.92 Å². The fraction of sp³-hybridized carbons (Fsp3) is 0.545. The van der Waals surface area contributed by atoms with Crippen molar-refractivity contribution in [3.63, 3.8) is 0 Å². The third-order valence-electron chi connectivity index (χ3n) is 1.67. The summed E-state index contributed by atoms with van der Waals surface area (Å²) in [6.07, 6.45) is 6.06. The normalized spacial score (nSPS) is 14.4. The topological polar surface area (TPSA) is 52.3 Å². The van der Waals surface area contributed by atoms with Crippen LogP contribution in [0.3, 0.4) is 0 Å². The summed E-state index contributed by atoms with van der Waals surface area (Å²) in [5.41, 5.74) is 6.23. The highest BCUT2D eigenvalue weighted by Gasteiger charge is 2.02. The zero-order valence-electron chi connectivity index (χ0n) is 9.12. The molecule has 1 unspecified atom stereocenters. The first-order valence-corrected chi connectivity index (χ1v) is 4.85. The van der Waals surface area contributed by atoms with Crippen LogP contribution in [0.25, 0.3) is 0 Å². The lowest BCUT2D eigenvalue weighted by Crippen LogP contribution is -2.08. The van der Waals surface area contributed by atoms with E-state index in [0.717, 1.165) is 0 Å². The molecule has 0 bridgehead atoms. The van der Waals surface area contributed by atoms with Crippen molar-refractivity contribution in [3.05, 3.63) is 23.9 Å². The van der Waals surface area contributed by atoms with E-state index >= 15 is 0 Å². The van der Waals surface area contributed by atoms with Crippen LogP contribution in [0.5, 0.6) is 0 Å². The minimum Gasteiger partial charge on any atom is -0.463 e. The average molecular weight is 197 g/mol. The van der Waals surface area contributed by atoms with Gasteiger partial charge in [0.15, 0.2) is 0 Å². The molecule has 0 aliphatic rings. The van der Waals surface area contributed by atoms with Gasteiger partial charge in [-0.05, 0) is 26.2 Å².